The third-order valence-electron chi connectivity index (χ3n) is 3.83. The molecule has 0 aliphatic carbocycles. The van der Waals surface area contributed by atoms with E-state index < -0.39 is 0 Å². The third kappa shape index (κ3) is 2.43. The van der Waals surface area contributed by atoms with Crippen LogP contribution in [0.3, 0.4) is 0 Å². The number of hydrogen-bond acceptors (Lipinski definition) is 2. The van der Waals surface area contributed by atoms with Crippen molar-refractivity contribution in [1.29, 1.82) is 0 Å². The number of fused-ring (bicyclic) bond motifs is 3. The SMILES string of the molecule is CC(CN=[N+]=[N-])C[N+]12CCN(CC1)CC2. The molecular weight excluding hydrogens is 190 g/mol. The van der Waals surface area contributed by atoms with E-state index in [1.165, 1.54) is 50.3 Å². The molecule has 5 heteroatoms. The number of azide groups is 1. The topological polar surface area (TPSA) is 52.0 Å². The Balaban J connectivity index is 1.89. The average molecular weight is 210 g/mol. The van der Waals surface area contributed by atoms with E-state index in [9.17, 15) is 0 Å². The normalized spacial score (nSPS) is 35.9. The summed E-state index contributed by atoms with van der Waals surface area (Å²) in [5.41, 5.74) is 8.30. The summed E-state index contributed by atoms with van der Waals surface area (Å²) in [5.74, 6) is 0.519. The zero-order valence-corrected chi connectivity index (χ0v) is 9.47. The Kier molecular flexibility index (Phi) is 3.14. The van der Waals surface area contributed by atoms with Crippen molar-refractivity contribution < 1.29 is 4.48 Å². The van der Waals surface area contributed by atoms with Crippen LogP contribution in [0.1, 0.15) is 6.92 Å². The summed E-state index contributed by atoms with van der Waals surface area (Å²) in [7, 11) is 0. The molecule has 0 radical (unpaired) electrons. The van der Waals surface area contributed by atoms with Gasteiger partial charge in [0.15, 0.2) is 0 Å². The van der Waals surface area contributed by atoms with Gasteiger partial charge < -0.3 is 4.48 Å². The summed E-state index contributed by atoms with van der Waals surface area (Å²) in [6.45, 7) is 11.7. The monoisotopic (exact) mass is 210 g/mol. The van der Waals surface area contributed by atoms with E-state index in [1.54, 1.807) is 0 Å². The number of nitrogens with zero attached hydrogens (tertiary/aromatic N) is 5. The van der Waals surface area contributed by atoms with Crippen molar-refractivity contribution >= 4 is 0 Å². The molecule has 3 heterocycles. The maximum atomic E-state index is 8.30. The minimum absolute atomic E-state index is 0.519. The van der Waals surface area contributed by atoms with Gasteiger partial charge in [-0.2, -0.15) is 0 Å². The van der Waals surface area contributed by atoms with Gasteiger partial charge in [0.1, 0.15) is 0 Å². The van der Waals surface area contributed by atoms with Gasteiger partial charge in [0.25, 0.3) is 0 Å². The van der Waals surface area contributed by atoms with Crippen LogP contribution in [-0.4, -0.2) is 61.7 Å². The van der Waals surface area contributed by atoms with Crippen LogP contribution in [0.15, 0.2) is 5.11 Å². The van der Waals surface area contributed by atoms with Crippen molar-refractivity contribution in [1.82, 2.24) is 4.90 Å². The maximum absolute atomic E-state index is 8.30. The summed E-state index contributed by atoms with van der Waals surface area (Å²) in [5, 5.41) is 3.68. The van der Waals surface area contributed by atoms with Crippen LogP contribution >= 0.6 is 0 Å². The molecule has 15 heavy (non-hydrogen) atoms. The second-order valence-electron chi connectivity index (χ2n) is 5.06. The Morgan fingerprint density at radius 2 is 1.93 bits per heavy atom. The Morgan fingerprint density at radius 1 is 1.33 bits per heavy atom. The van der Waals surface area contributed by atoms with E-state index >= 15 is 0 Å². The molecule has 1 atom stereocenters. The van der Waals surface area contributed by atoms with Gasteiger partial charge in [-0.05, 0) is 5.53 Å². The highest BCUT2D eigenvalue weighted by Crippen LogP contribution is 2.21. The highest BCUT2D eigenvalue weighted by molar-refractivity contribution is 4.72. The molecule has 0 aromatic carbocycles. The van der Waals surface area contributed by atoms with E-state index in [4.69, 9.17) is 5.53 Å². The fourth-order valence-electron chi connectivity index (χ4n) is 2.90. The van der Waals surface area contributed by atoms with Crippen LogP contribution in [0.25, 0.3) is 10.4 Å². The first-order chi connectivity index (χ1) is 7.24. The fraction of sp³-hybridized carbons (Fsp3) is 1.00. The quantitative estimate of drug-likeness (QED) is 0.296. The first-order valence-electron chi connectivity index (χ1n) is 5.82. The minimum Gasteiger partial charge on any atom is -0.320 e. The minimum atomic E-state index is 0.519. The number of hydrogen-bond donors (Lipinski definition) is 0. The van der Waals surface area contributed by atoms with Crippen LogP contribution in [0.2, 0.25) is 0 Å². The molecule has 0 spiro atoms. The number of piperazine rings is 3. The van der Waals surface area contributed by atoms with Gasteiger partial charge in [-0.25, -0.2) is 0 Å². The van der Waals surface area contributed by atoms with Gasteiger partial charge in [0.2, 0.25) is 0 Å². The Morgan fingerprint density at radius 3 is 2.47 bits per heavy atom. The summed E-state index contributed by atoms with van der Waals surface area (Å²) < 4.78 is 1.26. The van der Waals surface area contributed by atoms with Crippen molar-refractivity contribution in [2.75, 3.05) is 52.4 Å². The van der Waals surface area contributed by atoms with Gasteiger partial charge in [-0.1, -0.05) is 12.0 Å². The maximum Gasteiger partial charge on any atom is 0.0916 e. The van der Waals surface area contributed by atoms with Crippen molar-refractivity contribution in [3.8, 4) is 0 Å². The molecule has 0 aromatic rings. The molecule has 3 fully saturated rings. The largest absolute Gasteiger partial charge is 0.320 e. The summed E-state index contributed by atoms with van der Waals surface area (Å²) >= 11 is 0. The molecule has 1 unspecified atom stereocenters. The van der Waals surface area contributed by atoms with Crippen LogP contribution in [-0.2, 0) is 0 Å². The Bertz CT molecular complexity index is 249. The zero-order valence-electron chi connectivity index (χ0n) is 9.47. The Labute approximate surface area is 90.9 Å². The highest BCUT2D eigenvalue weighted by atomic mass is 15.5. The lowest BCUT2D eigenvalue weighted by atomic mass is 10.1. The smallest absolute Gasteiger partial charge is 0.0916 e. The average Bonchev–Trinajstić information content (AvgIpc) is 2.28. The number of rotatable bonds is 4. The fourth-order valence-corrected chi connectivity index (χ4v) is 2.90. The molecule has 0 N–H and O–H groups in total. The van der Waals surface area contributed by atoms with Crippen LogP contribution in [0, 0.1) is 5.92 Å². The molecular formula is C10H20N5+. The van der Waals surface area contributed by atoms with Crippen LogP contribution in [0.4, 0.5) is 0 Å². The molecule has 3 aliphatic rings. The lowest BCUT2D eigenvalue weighted by Gasteiger charge is -2.51. The van der Waals surface area contributed by atoms with Crippen LogP contribution < -0.4 is 0 Å². The van der Waals surface area contributed by atoms with Gasteiger partial charge >= 0.3 is 0 Å². The molecule has 0 aromatic heterocycles. The zero-order chi connectivity index (χ0) is 10.7. The van der Waals surface area contributed by atoms with E-state index in [-0.39, 0.29) is 0 Å². The lowest BCUT2D eigenvalue weighted by molar-refractivity contribution is -0.943. The van der Waals surface area contributed by atoms with Gasteiger partial charge in [-0.15, -0.1) is 0 Å². The predicted molar refractivity (Wildman–Crippen MR) is 59.3 cm³/mol. The number of quaternary nitrogens is 1. The van der Waals surface area contributed by atoms with E-state index in [0.717, 1.165) is 0 Å². The molecule has 3 aliphatic heterocycles. The summed E-state index contributed by atoms with van der Waals surface area (Å²) in [6, 6.07) is 0. The van der Waals surface area contributed by atoms with E-state index in [0.29, 0.717) is 12.5 Å². The molecule has 5 nitrogen and oxygen atoms in total. The van der Waals surface area contributed by atoms with Gasteiger partial charge in [-0.3, -0.25) is 4.90 Å². The summed E-state index contributed by atoms with van der Waals surface area (Å²) in [4.78, 5) is 5.39. The van der Waals surface area contributed by atoms with E-state index in [2.05, 4.69) is 21.8 Å². The van der Waals surface area contributed by atoms with Crippen molar-refractivity contribution in [2.45, 2.75) is 6.92 Å². The van der Waals surface area contributed by atoms with Crippen molar-refractivity contribution in [2.24, 2.45) is 11.0 Å². The van der Waals surface area contributed by atoms with Crippen LogP contribution in [0.5, 0.6) is 0 Å². The summed E-state index contributed by atoms with van der Waals surface area (Å²) in [6.07, 6.45) is 0. The molecule has 84 valence electrons. The Hall–Kier alpha value is -0.770. The first kappa shape index (κ1) is 10.7. The molecule has 0 amide bonds. The molecule has 2 bridgehead atoms. The molecule has 0 saturated carbocycles. The molecule has 3 rings (SSSR count). The second-order valence-corrected chi connectivity index (χ2v) is 5.06. The highest BCUT2D eigenvalue weighted by Gasteiger charge is 2.38. The molecule has 3 saturated heterocycles. The van der Waals surface area contributed by atoms with Gasteiger partial charge in [0, 0.05) is 37.0 Å². The van der Waals surface area contributed by atoms with Gasteiger partial charge in [0.05, 0.1) is 26.2 Å². The van der Waals surface area contributed by atoms with Crippen molar-refractivity contribution in [3.63, 3.8) is 0 Å². The second kappa shape index (κ2) is 4.39. The van der Waals surface area contributed by atoms with Crippen molar-refractivity contribution in [3.05, 3.63) is 10.4 Å². The standard InChI is InChI=1S/C10H20N5/c1-10(8-12-13-11)9-15-5-2-14(3-6-15)4-7-15/h10H,2-9H2,1H3/q+1. The first-order valence-corrected chi connectivity index (χ1v) is 5.82. The third-order valence-corrected chi connectivity index (χ3v) is 3.83. The van der Waals surface area contributed by atoms with E-state index in [1.807, 2.05) is 0 Å². The predicted octanol–water partition coefficient (Wildman–Crippen LogP) is 1.08. The lowest BCUT2D eigenvalue weighted by Crippen LogP contribution is -2.68.